The maximum Gasteiger partial charge on any atom is 0.261 e. The highest BCUT2D eigenvalue weighted by Gasteiger charge is 2.32. The van der Waals surface area contributed by atoms with Gasteiger partial charge in [-0.05, 0) is 89.5 Å². The Morgan fingerprint density at radius 3 is 2.15 bits per heavy atom. The third-order valence-electron chi connectivity index (χ3n) is 7.07. The first-order chi connectivity index (χ1) is 22.7. The predicted octanol–water partition coefficient (Wildman–Crippen LogP) is 6.14. The molecule has 9 nitrogen and oxygen atoms in total. The molecule has 0 aliphatic carbocycles. The van der Waals surface area contributed by atoms with Crippen LogP contribution in [0.2, 0.25) is 5.02 Å². The van der Waals surface area contributed by atoms with Gasteiger partial charge in [0.05, 0.1) is 4.90 Å². The van der Waals surface area contributed by atoms with Gasteiger partial charge in [0, 0.05) is 36.2 Å². The summed E-state index contributed by atoms with van der Waals surface area (Å²) in [4.78, 5) is 33.1. The fraction of sp³-hybridized carbons (Fsp3) is 0.114. The Morgan fingerprint density at radius 1 is 0.830 bits per heavy atom. The zero-order valence-electron chi connectivity index (χ0n) is 24.9. The van der Waals surface area contributed by atoms with Crippen molar-refractivity contribution in [2.24, 2.45) is 0 Å². The molecule has 1 heterocycles. The van der Waals surface area contributed by atoms with E-state index < -0.39 is 40.3 Å². The number of hydrogen-bond acceptors (Lipinski definition) is 6. The highest BCUT2D eigenvalue weighted by atomic mass is 35.5. The van der Waals surface area contributed by atoms with Gasteiger partial charge in [0.15, 0.2) is 6.61 Å². The van der Waals surface area contributed by atoms with Crippen molar-refractivity contribution in [2.75, 3.05) is 11.3 Å². The van der Waals surface area contributed by atoms with Gasteiger partial charge in [-0.3, -0.25) is 19.3 Å². The number of nitrogens with zero attached hydrogens (tertiary/aromatic N) is 2. The molecular formula is C35H30ClFN4O5S. The van der Waals surface area contributed by atoms with E-state index in [9.17, 15) is 22.4 Å². The molecule has 2 amide bonds. The first-order valence-corrected chi connectivity index (χ1v) is 16.3. The number of carbonyl (C=O) groups is 2. The highest BCUT2D eigenvalue weighted by Crippen LogP contribution is 2.26. The fourth-order valence-corrected chi connectivity index (χ4v) is 5.86. The lowest BCUT2D eigenvalue weighted by atomic mass is 10.0. The quantitative estimate of drug-likeness (QED) is 0.155. The normalized spacial score (nSPS) is 11.7. The molecule has 0 unspecified atom stereocenters. The van der Waals surface area contributed by atoms with Gasteiger partial charge in [0.25, 0.3) is 15.9 Å². The Kier molecular flexibility index (Phi) is 10.8. The Balaban J connectivity index is 1.35. The van der Waals surface area contributed by atoms with Crippen LogP contribution in [0.25, 0.3) is 0 Å². The summed E-state index contributed by atoms with van der Waals surface area (Å²) in [5, 5.41) is 3.47. The minimum atomic E-state index is -3.96. The number of rotatable bonds is 13. The molecule has 1 aromatic heterocycles. The topological polar surface area (TPSA) is 118 Å². The lowest BCUT2D eigenvalue weighted by Crippen LogP contribution is -2.45. The van der Waals surface area contributed by atoms with E-state index in [-0.39, 0.29) is 29.4 Å². The summed E-state index contributed by atoms with van der Waals surface area (Å²) in [7, 11) is -3.96. The molecule has 0 bridgehead atoms. The molecule has 0 fully saturated rings. The zero-order chi connectivity index (χ0) is 33.2. The van der Waals surface area contributed by atoms with Crippen LogP contribution in [0.15, 0.2) is 133 Å². The van der Waals surface area contributed by atoms with Crippen molar-refractivity contribution in [1.82, 2.24) is 15.2 Å². The van der Waals surface area contributed by atoms with E-state index in [0.29, 0.717) is 10.6 Å². The lowest BCUT2D eigenvalue weighted by Gasteiger charge is -2.31. The van der Waals surface area contributed by atoms with Crippen LogP contribution in [0.4, 0.5) is 10.1 Å². The summed E-state index contributed by atoms with van der Waals surface area (Å²) in [6.07, 6.45) is 3.27. The molecule has 0 saturated heterocycles. The van der Waals surface area contributed by atoms with Gasteiger partial charge in [-0.25, -0.2) is 12.8 Å². The van der Waals surface area contributed by atoms with E-state index >= 15 is 0 Å². The Hall–Kier alpha value is -5.26. The molecule has 2 N–H and O–H groups in total. The summed E-state index contributed by atoms with van der Waals surface area (Å²) in [5.74, 6) is -1.12. The molecule has 240 valence electrons. The first-order valence-electron chi connectivity index (χ1n) is 14.4. The minimum Gasteiger partial charge on any atom is -0.484 e. The van der Waals surface area contributed by atoms with E-state index in [1.54, 1.807) is 73.1 Å². The van der Waals surface area contributed by atoms with Crippen LogP contribution in [-0.4, -0.2) is 36.7 Å². The second-order valence-corrected chi connectivity index (χ2v) is 12.5. The van der Waals surface area contributed by atoms with E-state index in [2.05, 4.69) is 15.0 Å². The molecule has 0 spiro atoms. The number of aromatic nitrogens is 1. The third-order valence-corrected chi connectivity index (χ3v) is 8.72. The van der Waals surface area contributed by atoms with Crippen molar-refractivity contribution in [3.8, 4) is 5.75 Å². The van der Waals surface area contributed by atoms with Gasteiger partial charge < -0.3 is 15.0 Å². The van der Waals surface area contributed by atoms with Gasteiger partial charge in [-0.1, -0.05) is 54.1 Å². The largest absolute Gasteiger partial charge is 0.484 e. The summed E-state index contributed by atoms with van der Waals surface area (Å²) in [6, 6.07) is 28.9. The molecular weight excluding hydrogens is 643 g/mol. The fourth-order valence-electron chi connectivity index (χ4n) is 4.68. The molecule has 0 radical (unpaired) electrons. The second kappa shape index (κ2) is 15.4. The van der Waals surface area contributed by atoms with Crippen molar-refractivity contribution in [3.63, 3.8) is 0 Å². The van der Waals surface area contributed by atoms with Crippen LogP contribution in [0.3, 0.4) is 0 Å². The van der Waals surface area contributed by atoms with Crippen molar-refractivity contribution >= 4 is 39.1 Å². The number of ether oxygens (including phenoxy) is 1. The smallest absolute Gasteiger partial charge is 0.261 e. The van der Waals surface area contributed by atoms with Crippen LogP contribution < -0.4 is 14.8 Å². The van der Waals surface area contributed by atoms with Crippen LogP contribution in [0, 0.1) is 5.82 Å². The van der Waals surface area contributed by atoms with Gasteiger partial charge in [0.2, 0.25) is 5.91 Å². The second-order valence-electron chi connectivity index (χ2n) is 10.4. The standard InChI is InChI=1S/C35H30ClFN4O5S/c36-28-8-6-26(7-9-28)23-41(34(27-4-2-1-3-5-27)35(43)39-22-25-18-20-38-21-19-25)33(42)24-46-31-14-16-32(17-15-31)47(44,45)40-30-12-10-29(37)11-13-30/h1-21,34,40H,22-24H2,(H,39,43)/t34-/m0/s1. The minimum absolute atomic E-state index is 0.0557. The number of halogens is 2. The summed E-state index contributed by atoms with van der Waals surface area (Å²) in [6.45, 7) is -0.127. The number of amides is 2. The number of pyridine rings is 1. The average molecular weight is 673 g/mol. The number of hydrogen-bond donors (Lipinski definition) is 2. The van der Waals surface area contributed by atoms with Crippen LogP contribution in [-0.2, 0) is 32.7 Å². The number of benzene rings is 4. The molecule has 4 aromatic carbocycles. The Labute approximate surface area is 277 Å². The molecule has 12 heteroatoms. The number of nitrogens with one attached hydrogen (secondary N) is 2. The van der Waals surface area contributed by atoms with E-state index in [4.69, 9.17) is 16.3 Å². The van der Waals surface area contributed by atoms with Crippen LogP contribution in [0.5, 0.6) is 5.75 Å². The van der Waals surface area contributed by atoms with Crippen molar-refractivity contribution in [2.45, 2.75) is 24.0 Å². The number of sulfonamides is 1. The van der Waals surface area contributed by atoms with Crippen molar-refractivity contribution in [3.05, 3.63) is 155 Å². The average Bonchev–Trinajstić information content (AvgIpc) is 3.09. The summed E-state index contributed by atoms with van der Waals surface area (Å²) in [5.41, 5.74) is 2.40. The molecule has 5 rings (SSSR count). The summed E-state index contributed by atoms with van der Waals surface area (Å²) < 4.78 is 47.0. The van der Waals surface area contributed by atoms with E-state index in [1.807, 2.05) is 6.07 Å². The number of anilines is 1. The van der Waals surface area contributed by atoms with E-state index in [1.165, 1.54) is 41.3 Å². The van der Waals surface area contributed by atoms with Crippen molar-refractivity contribution in [1.29, 1.82) is 0 Å². The third kappa shape index (κ3) is 9.15. The SMILES string of the molecule is O=C(NCc1ccncc1)[C@H](c1ccccc1)N(Cc1ccc(Cl)cc1)C(=O)COc1ccc(S(=O)(=O)Nc2ccc(F)cc2)cc1. The van der Waals surface area contributed by atoms with Crippen LogP contribution in [0.1, 0.15) is 22.7 Å². The summed E-state index contributed by atoms with van der Waals surface area (Å²) >= 11 is 6.10. The first kappa shape index (κ1) is 33.1. The maximum atomic E-state index is 13.9. The number of carbonyl (C=O) groups excluding carboxylic acids is 2. The van der Waals surface area contributed by atoms with Crippen molar-refractivity contribution < 1.29 is 27.1 Å². The van der Waals surface area contributed by atoms with Gasteiger partial charge in [-0.2, -0.15) is 0 Å². The van der Waals surface area contributed by atoms with E-state index in [0.717, 1.165) is 23.3 Å². The lowest BCUT2D eigenvalue weighted by molar-refractivity contribution is -0.143. The predicted molar refractivity (Wildman–Crippen MR) is 176 cm³/mol. The van der Waals surface area contributed by atoms with Gasteiger partial charge in [-0.15, -0.1) is 0 Å². The Morgan fingerprint density at radius 2 is 1.49 bits per heavy atom. The molecule has 1 atom stereocenters. The van der Waals surface area contributed by atoms with Crippen LogP contribution >= 0.6 is 11.6 Å². The monoisotopic (exact) mass is 672 g/mol. The molecule has 47 heavy (non-hydrogen) atoms. The highest BCUT2D eigenvalue weighted by molar-refractivity contribution is 7.92. The van der Waals surface area contributed by atoms with Gasteiger partial charge >= 0.3 is 0 Å². The zero-order valence-corrected chi connectivity index (χ0v) is 26.5. The molecule has 0 aliphatic rings. The molecule has 5 aromatic rings. The molecule has 0 aliphatic heterocycles. The maximum absolute atomic E-state index is 13.9. The molecule has 0 saturated carbocycles. The Bertz CT molecular complexity index is 1900. The van der Waals surface area contributed by atoms with Gasteiger partial charge in [0.1, 0.15) is 17.6 Å².